The lowest BCUT2D eigenvalue weighted by molar-refractivity contribution is 0.220. The van der Waals surface area contributed by atoms with Gasteiger partial charge >= 0.3 is 0 Å². The SMILES string of the molecule is NC1(c2cccc(CN3CCCCC3)c2)CCCCC1. The standard InChI is InChI=1S/C18H28N2/c19-18(10-3-1-4-11-18)17-9-7-8-16(14-17)15-20-12-5-2-6-13-20/h7-9,14H,1-6,10-13,15,19H2. The third-order valence-corrected chi connectivity index (χ3v) is 5.10. The molecule has 110 valence electrons. The van der Waals surface area contributed by atoms with Crippen molar-refractivity contribution in [1.29, 1.82) is 0 Å². The van der Waals surface area contributed by atoms with Crippen LogP contribution in [-0.2, 0) is 12.1 Å². The van der Waals surface area contributed by atoms with Crippen molar-refractivity contribution < 1.29 is 0 Å². The van der Waals surface area contributed by atoms with Gasteiger partial charge in [-0.15, -0.1) is 0 Å². The average molecular weight is 272 g/mol. The summed E-state index contributed by atoms with van der Waals surface area (Å²) in [6.45, 7) is 3.62. The van der Waals surface area contributed by atoms with Gasteiger partial charge in [0.25, 0.3) is 0 Å². The number of benzene rings is 1. The molecule has 0 unspecified atom stereocenters. The van der Waals surface area contributed by atoms with Gasteiger partial charge in [-0.05, 0) is 49.9 Å². The zero-order chi connectivity index (χ0) is 13.8. The molecule has 0 spiro atoms. The minimum Gasteiger partial charge on any atom is -0.321 e. The Labute approximate surface area is 123 Å². The van der Waals surface area contributed by atoms with E-state index in [0.717, 1.165) is 19.4 Å². The van der Waals surface area contributed by atoms with E-state index in [9.17, 15) is 0 Å². The molecular weight excluding hydrogens is 244 g/mol. The molecule has 1 aromatic carbocycles. The van der Waals surface area contributed by atoms with Gasteiger partial charge < -0.3 is 5.73 Å². The smallest absolute Gasteiger partial charge is 0.0409 e. The predicted octanol–water partition coefficient (Wildman–Crippen LogP) is 3.79. The Hall–Kier alpha value is -0.860. The highest BCUT2D eigenvalue weighted by atomic mass is 15.1. The van der Waals surface area contributed by atoms with Crippen LogP contribution < -0.4 is 5.73 Å². The van der Waals surface area contributed by atoms with Crippen molar-refractivity contribution in [3.05, 3.63) is 35.4 Å². The maximum atomic E-state index is 6.67. The molecular formula is C18H28N2. The Morgan fingerprint density at radius 1 is 0.950 bits per heavy atom. The fourth-order valence-electron chi connectivity index (χ4n) is 3.83. The Morgan fingerprint density at radius 3 is 2.40 bits per heavy atom. The maximum Gasteiger partial charge on any atom is 0.0409 e. The molecule has 1 saturated carbocycles. The molecule has 0 atom stereocenters. The molecule has 1 aliphatic carbocycles. The van der Waals surface area contributed by atoms with Gasteiger partial charge in [-0.2, -0.15) is 0 Å². The molecule has 2 N–H and O–H groups in total. The highest BCUT2D eigenvalue weighted by Gasteiger charge is 2.29. The molecule has 1 aliphatic heterocycles. The highest BCUT2D eigenvalue weighted by molar-refractivity contribution is 5.30. The summed E-state index contributed by atoms with van der Waals surface area (Å²) in [5, 5.41) is 0. The summed E-state index contributed by atoms with van der Waals surface area (Å²) in [6.07, 6.45) is 10.4. The minimum atomic E-state index is -0.0594. The van der Waals surface area contributed by atoms with Crippen molar-refractivity contribution in [3.63, 3.8) is 0 Å². The second-order valence-electron chi connectivity index (χ2n) is 6.75. The molecule has 2 nitrogen and oxygen atoms in total. The summed E-state index contributed by atoms with van der Waals surface area (Å²) in [5.41, 5.74) is 9.42. The molecule has 1 saturated heterocycles. The first-order valence-corrected chi connectivity index (χ1v) is 8.37. The first kappa shape index (κ1) is 14.1. The van der Waals surface area contributed by atoms with Gasteiger partial charge in [0.05, 0.1) is 0 Å². The normalized spacial score (nSPS) is 23.6. The number of likely N-dealkylation sites (tertiary alicyclic amines) is 1. The first-order valence-electron chi connectivity index (χ1n) is 8.37. The van der Waals surface area contributed by atoms with Gasteiger partial charge in [0, 0.05) is 12.1 Å². The molecule has 0 bridgehead atoms. The Balaban J connectivity index is 1.71. The van der Waals surface area contributed by atoms with Gasteiger partial charge in [-0.3, -0.25) is 4.90 Å². The number of hydrogen-bond donors (Lipinski definition) is 1. The van der Waals surface area contributed by atoms with Gasteiger partial charge in [0.15, 0.2) is 0 Å². The molecule has 2 fully saturated rings. The van der Waals surface area contributed by atoms with E-state index in [2.05, 4.69) is 29.2 Å². The van der Waals surface area contributed by atoms with Crippen molar-refractivity contribution in [2.75, 3.05) is 13.1 Å². The van der Waals surface area contributed by atoms with E-state index in [1.54, 1.807) is 0 Å². The van der Waals surface area contributed by atoms with E-state index in [4.69, 9.17) is 5.73 Å². The third kappa shape index (κ3) is 3.24. The molecule has 2 aliphatic rings. The van der Waals surface area contributed by atoms with Crippen molar-refractivity contribution in [3.8, 4) is 0 Å². The van der Waals surface area contributed by atoms with E-state index in [0.29, 0.717) is 0 Å². The van der Waals surface area contributed by atoms with Crippen LogP contribution in [0.3, 0.4) is 0 Å². The maximum absolute atomic E-state index is 6.67. The largest absolute Gasteiger partial charge is 0.321 e. The molecule has 2 heteroatoms. The van der Waals surface area contributed by atoms with E-state index >= 15 is 0 Å². The van der Waals surface area contributed by atoms with E-state index in [1.807, 2.05) is 0 Å². The predicted molar refractivity (Wildman–Crippen MR) is 84.5 cm³/mol. The van der Waals surface area contributed by atoms with Crippen LogP contribution in [0, 0.1) is 0 Å². The lowest BCUT2D eigenvalue weighted by Crippen LogP contribution is -2.38. The van der Waals surface area contributed by atoms with Gasteiger partial charge in [0.1, 0.15) is 0 Å². The average Bonchev–Trinajstić information content (AvgIpc) is 2.49. The van der Waals surface area contributed by atoms with Crippen LogP contribution in [0.1, 0.15) is 62.5 Å². The Morgan fingerprint density at radius 2 is 1.65 bits per heavy atom. The van der Waals surface area contributed by atoms with Gasteiger partial charge in [-0.1, -0.05) is 49.9 Å². The fourth-order valence-corrected chi connectivity index (χ4v) is 3.83. The summed E-state index contributed by atoms with van der Waals surface area (Å²) in [6, 6.07) is 9.09. The number of nitrogens with two attached hydrogens (primary N) is 1. The number of hydrogen-bond acceptors (Lipinski definition) is 2. The Kier molecular flexibility index (Phi) is 4.42. The van der Waals surface area contributed by atoms with Crippen LogP contribution in [0.5, 0.6) is 0 Å². The summed E-state index contributed by atoms with van der Waals surface area (Å²) in [7, 11) is 0. The summed E-state index contributed by atoms with van der Waals surface area (Å²) < 4.78 is 0. The van der Waals surface area contributed by atoms with E-state index in [-0.39, 0.29) is 5.54 Å². The van der Waals surface area contributed by atoms with Crippen LogP contribution in [0.25, 0.3) is 0 Å². The lowest BCUT2D eigenvalue weighted by Gasteiger charge is -2.34. The van der Waals surface area contributed by atoms with Gasteiger partial charge in [-0.25, -0.2) is 0 Å². The monoisotopic (exact) mass is 272 g/mol. The third-order valence-electron chi connectivity index (χ3n) is 5.10. The quantitative estimate of drug-likeness (QED) is 0.907. The molecule has 1 aromatic rings. The molecule has 1 heterocycles. The number of rotatable bonds is 3. The van der Waals surface area contributed by atoms with E-state index in [1.165, 1.54) is 62.7 Å². The minimum absolute atomic E-state index is 0.0594. The first-order chi connectivity index (χ1) is 9.76. The van der Waals surface area contributed by atoms with Crippen LogP contribution >= 0.6 is 0 Å². The lowest BCUT2D eigenvalue weighted by atomic mass is 9.77. The highest BCUT2D eigenvalue weighted by Crippen LogP contribution is 2.35. The molecule has 0 amide bonds. The topological polar surface area (TPSA) is 29.3 Å². The summed E-state index contributed by atoms with van der Waals surface area (Å²) >= 11 is 0. The Bertz CT molecular complexity index is 429. The van der Waals surface area contributed by atoms with Crippen molar-refractivity contribution in [2.24, 2.45) is 5.73 Å². The van der Waals surface area contributed by atoms with Crippen molar-refractivity contribution in [1.82, 2.24) is 4.90 Å². The van der Waals surface area contributed by atoms with Crippen molar-refractivity contribution in [2.45, 2.75) is 63.5 Å². The zero-order valence-corrected chi connectivity index (χ0v) is 12.6. The summed E-state index contributed by atoms with van der Waals surface area (Å²) in [5.74, 6) is 0. The molecule has 3 rings (SSSR count). The van der Waals surface area contributed by atoms with Crippen molar-refractivity contribution >= 4 is 0 Å². The molecule has 0 aromatic heterocycles. The summed E-state index contributed by atoms with van der Waals surface area (Å²) in [4.78, 5) is 2.59. The fraction of sp³-hybridized carbons (Fsp3) is 0.667. The molecule has 20 heavy (non-hydrogen) atoms. The van der Waals surface area contributed by atoms with Crippen LogP contribution in [0.15, 0.2) is 24.3 Å². The van der Waals surface area contributed by atoms with Crippen LogP contribution in [-0.4, -0.2) is 18.0 Å². The second-order valence-corrected chi connectivity index (χ2v) is 6.75. The number of piperidine rings is 1. The van der Waals surface area contributed by atoms with Gasteiger partial charge in [0.2, 0.25) is 0 Å². The number of nitrogens with zero attached hydrogens (tertiary/aromatic N) is 1. The van der Waals surface area contributed by atoms with Crippen LogP contribution in [0.4, 0.5) is 0 Å². The van der Waals surface area contributed by atoms with E-state index < -0.39 is 0 Å². The van der Waals surface area contributed by atoms with Crippen LogP contribution in [0.2, 0.25) is 0 Å². The zero-order valence-electron chi connectivity index (χ0n) is 12.6. The second kappa shape index (κ2) is 6.28. The molecule has 0 radical (unpaired) electrons.